The Bertz CT molecular complexity index is 595. The quantitative estimate of drug-likeness (QED) is 0.607. The van der Waals surface area contributed by atoms with Crippen LogP contribution in [-0.4, -0.2) is 16.8 Å². The third-order valence-corrected chi connectivity index (χ3v) is 5.17. The zero-order chi connectivity index (χ0) is 15.0. The first-order valence-electron chi connectivity index (χ1n) is 7.17. The van der Waals surface area contributed by atoms with Crippen LogP contribution < -0.4 is 4.74 Å². The minimum Gasteiger partial charge on any atom is -0.482 e. The molecule has 2 aliphatic rings. The summed E-state index contributed by atoms with van der Waals surface area (Å²) in [4.78, 5) is 22.7. The molecule has 3 rings (SSSR count). The van der Waals surface area contributed by atoms with Crippen molar-refractivity contribution in [3.63, 3.8) is 0 Å². The van der Waals surface area contributed by atoms with Crippen LogP contribution in [0, 0.1) is 15.5 Å². The lowest BCUT2D eigenvalue weighted by Crippen LogP contribution is -2.57. The van der Waals surface area contributed by atoms with E-state index < -0.39 is 4.92 Å². The van der Waals surface area contributed by atoms with Crippen molar-refractivity contribution in [2.75, 3.05) is 0 Å². The SMILES string of the molecule is O=C1CC(Oc2ccc(Br)cc2[N+](=O)[O-])C12CCCCC2. The van der Waals surface area contributed by atoms with Crippen molar-refractivity contribution >= 4 is 27.4 Å². The van der Waals surface area contributed by atoms with Gasteiger partial charge in [-0.1, -0.05) is 35.2 Å². The van der Waals surface area contributed by atoms with Gasteiger partial charge in [0.2, 0.25) is 0 Å². The van der Waals surface area contributed by atoms with E-state index >= 15 is 0 Å². The fraction of sp³-hybridized carbons (Fsp3) is 0.533. The van der Waals surface area contributed by atoms with E-state index in [2.05, 4.69) is 15.9 Å². The van der Waals surface area contributed by atoms with Gasteiger partial charge < -0.3 is 4.74 Å². The van der Waals surface area contributed by atoms with Crippen LogP contribution in [0.15, 0.2) is 22.7 Å². The highest BCUT2D eigenvalue weighted by atomic mass is 79.9. The highest BCUT2D eigenvalue weighted by Crippen LogP contribution is 2.51. The van der Waals surface area contributed by atoms with Gasteiger partial charge in [0.15, 0.2) is 5.75 Å². The molecule has 0 bridgehead atoms. The molecule has 0 amide bonds. The van der Waals surface area contributed by atoms with E-state index in [-0.39, 0.29) is 28.7 Å². The van der Waals surface area contributed by atoms with Crippen molar-refractivity contribution in [1.82, 2.24) is 0 Å². The number of nitrogens with zero attached hydrogens (tertiary/aromatic N) is 1. The number of nitro benzene ring substituents is 1. The van der Waals surface area contributed by atoms with E-state index in [4.69, 9.17) is 4.74 Å². The lowest BCUT2D eigenvalue weighted by atomic mass is 9.57. The van der Waals surface area contributed by atoms with E-state index in [0.717, 1.165) is 32.1 Å². The standard InChI is InChI=1S/C15H16BrNO4/c16-10-4-5-12(11(8-10)17(19)20)21-14-9-13(18)15(14)6-2-1-3-7-15/h4-5,8,14H,1-3,6-7,9H2. The molecule has 6 heteroatoms. The summed E-state index contributed by atoms with van der Waals surface area (Å²) in [5, 5.41) is 11.1. The van der Waals surface area contributed by atoms with Gasteiger partial charge in [0.05, 0.1) is 10.3 Å². The van der Waals surface area contributed by atoms with Gasteiger partial charge in [-0.05, 0) is 25.0 Å². The zero-order valence-corrected chi connectivity index (χ0v) is 13.1. The van der Waals surface area contributed by atoms with Gasteiger partial charge in [-0.15, -0.1) is 0 Å². The molecule has 0 heterocycles. The number of benzene rings is 1. The van der Waals surface area contributed by atoms with E-state index in [1.165, 1.54) is 6.07 Å². The van der Waals surface area contributed by atoms with Gasteiger partial charge in [-0.2, -0.15) is 0 Å². The Morgan fingerprint density at radius 3 is 2.62 bits per heavy atom. The summed E-state index contributed by atoms with van der Waals surface area (Å²) in [6.07, 6.45) is 5.07. The number of rotatable bonds is 3. The highest BCUT2D eigenvalue weighted by Gasteiger charge is 2.56. The minimum absolute atomic E-state index is 0.0605. The van der Waals surface area contributed by atoms with E-state index in [9.17, 15) is 14.9 Å². The number of carbonyl (C=O) groups is 1. The van der Waals surface area contributed by atoms with E-state index in [1.54, 1.807) is 12.1 Å². The summed E-state index contributed by atoms with van der Waals surface area (Å²) in [7, 11) is 0. The summed E-state index contributed by atoms with van der Waals surface area (Å²) >= 11 is 3.23. The summed E-state index contributed by atoms with van der Waals surface area (Å²) < 4.78 is 6.52. The first-order valence-corrected chi connectivity index (χ1v) is 7.96. The first-order chi connectivity index (χ1) is 10.0. The van der Waals surface area contributed by atoms with Gasteiger partial charge in [-0.25, -0.2) is 0 Å². The maximum Gasteiger partial charge on any atom is 0.312 e. The number of hydrogen-bond donors (Lipinski definition) is 0. The summed E-state index contributed by atoms with van der Waals surface area (Å²) in [5.74, 6) is 0.512. The maximum absolute atomic E-state index is 12.1. The molecular formula is C15H16BrNO4. The van der Waals surface area contributed by atoms with Gasteiger partial charge in [0, 0.05) is 17.0 Å². The molecule has 1 spiro atoms. The fourth-order valence-corrected chi connectivity index (χ4v) is 3.79. The van der Waals surface area contributed by atoms with Gasteiger partial charge in [0.25, 0.3) is 0 Å². The van der Waals surface area contributed by atoms with Gasteiger partial charge >= 0.3 is 5.69 Å². The average Bonchev–Trinajstić information content (AvgIpc) is 2.49. The van der Waals surface area contributed by atoms with Crippen LogP contribution in [0.4, 0.5) is 5.69 Å². The second-order valence-corrected chi connectivity index (χ2v) is 6.74. The molecule has 5 nitrogen and oxygen atoms in total. The molecule has 0 aromatic heterocycles. The van der Waals surface area contributed by atoms with Crippen molar-refractivity contribution in [3.05, 3.63) is 32.8 Å². The number of ether oxygens (including phenoxy) is 1. The van der Waals surface area contributed by atoms with Crippen LogP contribution in [0.3, 0.4) is 0 Å². The van der Waals surface area contributed by atoms with Crippen molar-refractivity contribution in [2.24, 2.45) is 5.41 Å². The zero-order valence-electron chi connectivity index (χ0n) is 11.5. The Balaban J connectivity index is 1.84. The largest absolute Gasteiger partial charge is 0.482 e. The normalized spacial score (nSPS) is 23.7. The number of hydrogen-bond acceptors (Lipinski definition) is 4. The second kappa shape index (κ2) is 5.40. The third kappa shape index (κ3) is 2.46. The molecule has 1 aromatic rings. The molecule has 0 saturated heterocycles. The molecule has 0 aliphatic heterocycles. The van der Waals surface area contributed by atoms with Crippen molar-refractivity contribution in [2.45, 2.75) is 44.6 Å². The molecule has 2 fully saturated rings. The fourth-order valence-electron chi connectivity index (χ4n) is 3.44. The number of carbonyl (C=O) groups excluding carboxylic acids is 1. The Hall–Kier alpha value is -1.43. The summed E-state index contributed by atoms with van der Waals surface area (Å²) in [5.41, 5.74) is -0.450. The molecule has 2 aliphatic carbocycles. The van der Waals surface area contributed by atoms with Gasteiger partial charge in [0.1, 0.15) is 11.9 Å². The molecule has 2 saturated carbocycles. The third-order valence-electron chi connectivity index (χ3n) is 4.68. The molecule has 1 atom stereocenters. The Morgan fingerprint density at radius 1 is 1.29 bits per heavy atom. The predicted octanol–water partition coefficient (Wildman–Crippen LogP) is 4.03. The van der Waals surface area contributed by atoms with Crippen LogP contribution in [0.25, 0.3) is 0 Å². The summed E-state index contributed by atoms with van der Waals surface area (Å²) in [6, 6.07) is 4.75. The topological polar surface area (TPSA) is 69.4 Å². The molecule has 21 heavy (non-hydrogen) atoms. The van der Waals surface area contributed by atoms with Crippen LogP contribution in [0.2, 0.25) is 0 Å². The summed E-state index contributed by atoms with van der Waals surface area (Å²) in [6.45, 7) is 0. The number of Topliss-reactive ketones (excluding diaryl/α,β-unsaturated/α-hetero) is 1. The Morgan fingerprint density at radius 2 is 2.00 bits per heavy atom. The first kappa shape index (κ1) is 14.5. The smallest absolute Gasteiger partial charge is 0.312 e. The van der Waals surface area contributed by atoms with E-state index in [0.29, 0.717) is 10.9 Å². The predicted molar refractivity (Wildman–Crippen MR) is 80.4 cm³/mol. The molecule has 1 aromatic carbocycles. The van der Waals surface area contributed by atoms with Crippen molar-refractivity contribution in [3.8, 4) is 5.75 Å². The monoisotopic (exact) mass is 353 g/mol. The molecule has 0 radical (unpaired) electrons. The lowest BCUT2D eigenvalue weighted by Gasteiger charge is -2.49. The number of halogens is 1. The number of nitro groups is 1. The lowest BCUT2D eigenvalue weighted by molar-refractivity contribution is -0.386. The molecule has 112 valence electrons. The van der Waals surface area contributed by atoms with Crippen molar-refractivity contribution < 1.29 is 14.5 Å². The van der Waals surface area contributed by atoms with Crippen molar-refractivity contribution in [1.29, 1.82) is 0 Å². The van der Waals surface area contributed by atoms with Crippen LogP contribution in [0.5, 0.6) is 5.75 Å². The minimum atomic E-state index is -0.450. The average molecular weight is 354 g/mol. The Labute approximate surface area is 130 Å². The second-order valence-electron chi connectivity index (χ2n) is 5.82. The maximum atomic E-state index is 12.1. The van der Waals surface area contributed by atoms with E-state index in [1.807, 2.05) is 0 Å². The molecule has 1 unspecified atom stereocenters. The Kier molecular flexibility index (Phi) is 3.73. The molecular weight excluding hydrogens is 338 g/mol. The van der Waals surface area contributed by atoms with Gasteiger partial charge in [-0.3, -0.25) is 14.9 Å². The number of ketones is 1. The molecule has 0 N–H and O–H groups in total. The van der Waals surface area contributed by atoms with Crippen LogP contribution in [0.1, 0.15) is 38.5 Å². The van der Waals surface area contributed by atoms with Crippen LogP contribution in [-0.2, 0) is 4.79 Å². The van der Waals surface area contributed by atoms with Crippen LogP contribution >= 0.6 is 15.9 Å². The highest BCUT2D eigenvalue weighted by molar-refractivity contribution is 9.10.